The summed E-state index contributed by atoms with van der Waals surface area (Å²) in [4.78, 5) is 6.78. The van der Waals surface area contributed by atoms with Crippen molar-refractivity contribution in [3.05, 3.63) is 11.7 Å². The van der Waals surface area contributed by atoms with Crippen LogP contribution in [-0.2, 0) is 12.0 Å². The lowest BCUT2D eigenvalue weighted by Gasteiger charge is -2.28. The van der Waals surface area contributed by atoms with Gasteiger partial charge in [0.25, 0.3) is 0 Å². The van der Waals surface area contributed by atoms with Crippen molar-refractivity contribution in [2.24, 2.45) is 5.73 Å². The maximum Gasteiger partial charge on any atom is 0.232 e. The van der Waals surface area contributed by atoms with Crippen LogP contribution in [0.2, 0.25) is 0 Å². The maximum atomic E-state index is 5.88. The maximum absolute atomic E-state index is 5.88. The molecular formula is C12H22N4O. The van der Waals surface area contributed by atoms with Gasteiger partial charge in [-0.05, 0) is 12.8 Å². The second kappa shape index (κ2) is 4.74. The van der Waals surface area contributed by atoms with Crippen LogP contribution in [-0.4, -0.2) is 34.2 Å². The molecule has 1 aliphatic rings. The Labute approximate surface area is 102 Å². The van der Waals surface area contributed by atoms with Gasteiger partial charge in [-0.25, -0.2) is 0 Å². The Kier molecular flexibility index (Phi) is 3.49. The lowest BCUT2D eigenvalue weighted by molar-refractivity contribution is 0.198. The largest absolute Gasteiger partial charge is 0.339 e. The van der Waals surface area contributed by atoms with Gasteiger partial charge in [0.05, 0.1) is 6.54 Å². The van der Waals surface area contributed by atoms with E-state index < -0.39 is 0 Å². The minimum Gasteiger partial charge on any atom is -0.339 e. The van der Waals surface area contributed by atoms with Crippen LogP contribution < -0.4 is 5.73 Å². The molecule has 0 atom stereocenters. The van der Waals surface area contributed by atoms with Crippen molar-refractivity contribution in [2.75, 3.05) is 13.1 Å². The van der Waals surface area contributed by atoms with E-state index in [1.165, 1.54) is 0 Å². The average Bonchev–Trinajstić information content (AvgIpc) is 2.69. The Bertz CT molecular complexity index is 361. The molecule has 1 fully saturated rings. The molecule has 17 heavy (non-hydrogen) atoms. The van der Waals surface area contributed by atoms with Gasteiger partial charge in [0, 0.05) is 24.5 Å². The fraction of sp³-hybridized carbons (Fsp3) is 0.833. The van der Waals surface area contributed by atoms with Crippen LogP contribution in [0.25, 0.3) is 0 Å². The number of nitrogens with two attached hydrogens (primary N) is 1. The number of aromatic nitrogens is 2. The summed E-state index contributed by atoms with van der Waals surface area (Å²) in [5, 5.41) is 4.04. The lowest BCUT2D eigenvalue weighted by Crippen LogP contribution is -2.39. The number of hydrogen-bond acceptors (Lipinski definition) is 5. The van der Waals surface area contributed by atoms with E-state index in [0.717, 1.165) is 38.3 Å². The Hall–Kier alpha value is -0.940. The Morgan fingerprint density at radius 3 is 2.53 bits per heavy atom. The molecule has 0 bridgehead atoms. The summed E-state index contributed by atoms with van der Waals surface area (Å²) < 4.78 is 5.28. The average molecular weight is 238 g/mol. The first-order chi connectivity index (χ1) is 7.95. The van der Waals surface area contributed by atoms with Gasteiger partial charge >= 0.3 is 0 Å². The molecule has 0 spiro atoms. The molecule has 2 heterocycles. The molecule has 1 aromatic heterocycles. The third-order valence-corrected chi connectivity index (χ3v) is 3.11. The Morgan fingerprint density at radius 1 is 1.35 bits per heavy atom. The summed E-state index contributed by atoms with van der Waals surface area (Å²) in [5.74, 6) is 1.49. The third-order valence-electron chi connectivity index (χ3n) is 3.11. The lowest BCUT2D eigenvalue weighted by atomic mass is 9.97. The van der Waals surface area contributed by atoms with E-state index in [-0.39, 0.29) is 5.41 Å². The highest BCUT2D eigenvalue weighted by molar-refractivity contribution is 4.98. The van der Waals surface area contributed by atoms with Crippen LogP contribution >= 0.6 is 0 Å². The van der Waals surface area contributed by atoms with Crippen LogP contribution in [0.15, 0.2) is 4.52 Å². The SMILES string of the molecule is CC(C)(C)c1nc(CN2CCC(N)CC2)no1. The number of hydrogen-bond donors (Lipinski definition) is 1. The third kappa shape index (κ3) is 3.26. The van der Waals surface area contributed by atoms with E-state index in [1.54, 1.807) is 0 Å². The fourth-order valence-corrected chi connectivity index (χ4v) is 1.93. The first-order valence-electron chi connectivity index (χ1n) is 6.26. The van der Waals surface area contributed by atoms with Crippen molar-refractivity contribution < 1.29 is 4.52 Å². The van der Waals surface area contributed by atoms with E-state index in [4.69, 9.17) is 10.3 Å². The van der Waals surface area contributed by atoms with Crippen molar-refractivity contribution in [3.63, 3.8) is 0 Å². The standard InChI is InChI=1S/C12H22N4O/c1-12(2,3)11-14-10(15-17-11)8-16-6-4-9(13)5-7-16/h9H,4-8,13H2,1-3H3. The molecule has 5 heteroatoms. The monoisotopic (exact) mass is 238 g/mol. The molecule has 0 amide bonds. The summed E-state index contributed by atoms with van der Waals surface area (Å²) >= 11 is 0. The molecule has 0 radical (unpaired) electrons. The molecule has 0 aliphatic carbocycles. The molecule has 1 aliphatic heterocycles. The molecule has 2 N–H and O–H groups in total. The van der Waals surface area contributed by atoms with Gasteiger partial charge in [-0.2, -0.15) is 4.98 Å². The van der Waals surface area contributed by atoms with E-state index in [0.29, 0.717) is 11.9 Å². The van der Waals surface area contributed by atoms with Crippen molar-refractivity contribution in [3.8, 4) is 0 Å². The molecule has 1 saturated heterocycles. The first-order valence-corrected chi connectivity index (χ1v) is 6.26. The predicted molar refractivity (Wildman–Crippen MR) is 65.5 cm³/mol. The van der Waals surface area contributed by atoms with E-state index in [9.17, 15) is 0 Å². The van der Waals surface area contributed by atoms with Gasteiger partial charge in [0.15, 0.2) is 5.82 Å². The highest BCUT2D eigenvalue weighted by Crippen LogP contribution is 2.20. The second-order valence-corrected chi connectivity index (χ2v) is 5.88. The predicted octanol–water partition coefficient (Wildman–Crippen LogP) is 1.29. The van der Waals surface area contributed by atoms with Crippen LogP contribution in [0.4, 0.5) is 0 Å². The van der Waals surface area contributed by atoms with Crippen LogP contribution in [0.5, 0.6) is 0 Å². The smallest absolute Gasteiger partial charge is 0.232 e. The molecule has 1 aromatic rings. The summed E-state index contributed by atoms with van der Waals surface area (Å²) in [5.41, 5.74) is 5.80. The molecule has 5 nitrogen and oxygen atoms in total. The zero-order valence-corrected chi connectivity index (χ0v) is 10.9. The van der Waals surface area contributed by atoms with E-state index >= 15 is 0 Å². The highest BCUT2D eigenvalue weighted by Gasteiger charge is 2.23. The van der Waals surface area contributed by atoms with Gasteiger partial charge in [-0.15, -0.1) is 0 Å². The summed E-state index contributed by atoms with van der Waals surface area (Å²) in [6, 6.07) is 0.363. The minimum atomic E-state index is -0.0739. The summed E-state index contributed by atoms with van der Waals surface area (Å²) in [6.45, 7) is 9.05. The topological polar surface area (TPSA) is 68.2 Å². The number of likely N-dealkylation sites (tertiary alicyclic amines) is 1. The van der Waals surface area contributed by atoms with Gasteiger partial charge in [-0.1, -0.05) is 25.9 Å². The summed E-state index contributed by atoms with van der Waals surface area (Å²) in [6.07, 6.45) is 2.12. The van der Waals surface area contributed by atoms with Crippen molar-refractivity contribution >= 4 is 0 Å². The molecule has 0 saturated carbocycles. The molecule has 0 unspecified atom stereocenters. The zero-order chi connectivity index (χ0) is 12.5. The van der Waals surface area contributed by atoms with Crippen molar-refractivity contribution in [2.45, 2.75) is 51.6 Å². The Morgan fingerprint density at radius 2 is 2.00 bits per heavy atom. The normalized spacial score (nSPS) is 19.8. The quantitative estimate of drug-likeness (QED) is 0.841. The molecule has 0 aromatic carbocycles. The Balaban J connectivity index is 1.93. The van der Waals surface area contributed by atoms with Crippen molar-refractivity contribution in [1.29, 1.82) is 0 Å². The van der Waals surface area contributed by atoms with Gasteiger partial charge in [0.1, 0.15) is 0 Å². The van der Waals surface area contributed by atoms with E-state index in [1.807, 2.05) is 0 Å². The second-order valence-electron chi connectivity index (χ2n) is 5.88. The van der Waals surface area contributed by atoms with Gasteiger partial charge in [-0.3, -0.25) is 4.90 Å². The zero-order valence-electron chi connectivity index (χ0n) is 10.9. The van der Waals surface area contributed by atoms with Gasteiger partial charge < -0.3 is 10.3 Å². The number of nitrogens with zero attached hydrogens (tertiary/aromatic N) is 3. The highest BCUT2D eigenvalue weighted by atomic mass is 16.5. The number of rotatable bonds is 2. The minimum absolute atomic E-state index is 0.0739. The molecule has 2 rings (SSSR count). The summed E-state index contributed by atoms with van der Waals surface area (Å²) in [7, 11) is 0. The fourth-order valence-electron chi connectivity index (χ4n) is 1.93. The van der Waals surface area contributed by atoms with E-state index in [2.05, 4.69) is 35.8 Å². The first kappa shape index (κ1) is 12.5. The number of piperidine rings is 1. The van der Waals surface area contributed by atoms with Crippen LogP contribution in [0, 0.1) is 0 Å². The van der Waals surface area contributed by atoms with Crippen molar-refractivity contribution in [1.82, 2.24) is 15.0 Å². The van der Waals surface area contributed by atoms with Crippen LogP contribution in [0.3, 0.4) is 0 Å². The van der Waals surface area contributed by atoms with Gasteiger partial charge in [0.2, 0.25) is 5.89 Å². The van der Waals surface area contributed by atoms with Crippen LogP contribution in [0.1, 0.15) is 45.3 Å². The molecule has 96 valence electrons. The molecular weight excluding hydrogens is 216 g/mol.